The molecule has 0 bridgehead atoms. The number of hydrogen-bond donors (Lipinski definition) is 1. The van der Waals surface area contributed by atoms with Crippen LogP contribution >= 0.6 is 0 Å². The first kappa shape index (κ1) is 19.0. The van der Waals surface area contributed by atoms with Gasteiger partial charge in [-0.1, -0.05) is 18.2 Å². The Morgan fingerprint density at radius 1 is 1.36 bits per heavy atom. The summed E-state index contributed by atoms with van der Waals surface area (Å²) in [5, 5.41) is 3.08. The lowest BCUT2D eigenvalue weighted by Gasteiger charge is -2.27. The van der Waals surface area contributed by atoms with Gasteiger partial charge in [-0.25, -0.2) is 4.98 Å². The molecule has 6 heteroatoms. The van der Waals surface area contributed by atoms with Crippen LogP contribution in [-0.2, 0) is 24.1 Å². The Balaban J connectivity index is 1.36. The summed E-state index contributed by atoms with van der Waals surface area (Å²) in [6.45, 7) is 8.31. The van der Waals surface area contributed by atoms with E-state index >= 15 is 0 Å². The zero-order valence-electron chi connectivity index (χ0n) is 16.9. The van der Waals surface area contributed by atoms with Gasteiger partial charge in [0.1, 0.15) is 23.9 Å². The van der Waals surface area contributed by atoms with Gasteiger partial charge in [0.25, 0.3) is 5.91 Å². The summed E-state index contributed by atoms with van der Waals surface area (Å²) < 4.78 is 13.8. The van der Waals surface area contributed by atoms with Crippen LogP contribution in [0.5, 0.6) is 5.75 Å². The Hall–Kier alpha value is -2.34. The van der Waals surface area contributed by atoms with E-state index in [0.717, 1.165) is 49.6 Å². The zero-order valence-corrected chi connectivity index (χ0v) is 16.9. The molecule has 28 heavy (non-hydrogen) atoms. The highest BCUT2D eigenvalue weighted by Gasteiger charge is 2.26. The Labute approximate surface area is 166 Å². The maximum Gasteiger partial charge on any atom is 0.271 e. The van der Waals surface area contributed by atoms with Gasteiger partial charge in [-0.2, -0.15) is 0 Å². The van der Waals surface area contributed by atoms with Crippen molar-refractivity contribution in [1.29, 1.82) is 0 Å². The first-order valence-electron chi connectivity index (χ1n) is 10.1. The molecule has 0 aliphatic carbocycles. The summed E-state index contributed by atoms with van der Waals surface area (Å²) in [4.78, 5) is 17.3. The summed E-state index contributed by atoms with van der Waals surface area (Å²) in [6, 6.07) is 7.94. The van der Waals surface area contributed by atoms with Crippen molar-refractivity contribution >= 4 is 5.91 Å². The Morgan fingerprint density at radius 3 is 3.00 bits per heavy atom. The Morgan fingerprint density at radius 2 is 2.18 bits per heavy atom. The van der Waals surface area contributed by atoms with Crippen molar-refractivity contribution < 1.29 is 14.3 Å². The number of hydrogen-bond acceptors (Lipinski definition) is 4. The van der Waals surface area contributed by atoms with Gasteiger partial charge < -0.3 is 19.4 Å². The van der Waals surface area contributed by atoms with Crippen molar-refractivity contribution in [3.63, 3.8) is 0 Å². The highest BCUT2D eigenvalue weighted by molar-refractivity contribution is 5.92. The molecule has 150 valence electrons. The fourth-order valence-electron chi connectivity index (χ4n) is 3.81. The van der Waals surface area contributed by atoms with Crippen molar-refractivity contribution in [2.45, 2.75) is 58.2 Å². The molecule has 1 unspecified atom stereocenters. The van der Waals surface area contributed by atoms with Crippen LogP contribution in [0.4, 0.5) is 0 Å². The molecule has 4 rings (SSSR count). The van der Waals surface area contributed by atoms with Gasteiger partial charge in [0.05, 0.1) is 18.2 Å². The predicted molar refractivity (Wildman–Crippen MR) is 107 cm³/mol. The van der Waals surface area contributed by atoms with E-state index in [4.69, 9.17) is 9.47 Å². The molecule has 1 N–H and O–H groups in total. The number of carbonyl (C=O) groups is 1. The molecule has 0 radical (unpaired) electrons. The van der Waals surface area contributed by atoms with E-state index in [-0.39, 0.29) is 17.6 Å². The third kappa shape index (κ3) is 4.38. The van der Waals surface area contributed by atoms with Crippen LogP contribution in [-0.4, -0.2) is 40.3 Å². The lowest BCUT2D eigenvalue weighted by atomic mass is 10.00. The second kappa shape index (κ2) is 7.59. The van der Waals surface area contributed by atoms with Crippen molar-refractivity contribution in [1.82, 2.24) is 14.9 Å². The second-order valence-corrected chi connectivity index (χ2v) is 8.82. The molecule has 1 aromatic heterocycles. The first-order chi connectivity index (χ1) is 13.4. The number of rotatable bonds is 4. The number of nitrogens with one attached hydrogen (secondary N) is 1. The molecule has 3 heterocycles. The Kier molecular flexibility index (Phi) is 5.15. The summed E-state index contributed by atoms with van der Waals surface area (Å²) >= 11 is 0. The van der Waals surface area contributed by atoms with Gasteiger partial charge >= 0.3 is 0 Å². The number of benzene rings is 1. The van der Waals surface area contributed by atoms with Crippen LogP contribution in [0.2, 0.25) is 0 Å². The van der Waals surface area contributed by atoms with E-state index in [1.165, 1.54) is 0 Å². The van der Waals surface area contributed by atoms with Crippen LogP contribution in [0.25, 0.3) is 0 Å². The molecule has 1 amide bonds. The van der Waals surface area contributed by atoms with Crippen molar-refractivity contribution in [3.8, 4) is 5.75 Å². The molecule has 2 aliphatic rings. The van der Waals surface area contributed by atoms with Crippen LogP contribution < -0.4 is 10.1 Å². The van der Waals surface area contributed by atoms with Gasteiger partial charge in [-0.05, 0) is 45.2 Å². The summed E-state index contributed by atoms with van der Waals surface area (Å²) in [7, 11) is 0. The van der Waals surface area contributed by atoms with Crippen LogP contribution in [0.1, 0.15) is 49.1 Å². The molecular weight excluding hydrogens is 354 g/mol. The molecule has 1 aromatic carbocycles. The number of aromatic nitrogens is 2. The van der Waals surface area contributed by atoms with Crippen molar-refractivity contribution in [2.75, 3.05) is 13.2 Å². The van der Waals surface area contributed by atoms with Crippen LogP contribution in [0, 0.1) is 5.92 Å². The summed E-state index contributed by atoms with van der Waals surface area (Å²) in [5.74, 6) is 2.23. The average molecular weight is 383 g/mol. The minimum Gasteiger partial charge on any atom is -0.491 e. The van der Waals surface area contributed by atoms with Crippen LogP contribution in [0.15, 0.2) is 30.5 Å². The number of ether oxygens (including phenoxy) is 2. The zero-order chi connectivity index (χ0) is 19.7. The molecule has 0 saturated carbocycles. The third-order valence-electron chi connectivity index (χ3n) is 5.29. The highest BCUT2D eigenvalue weighted by Crippen LogP contribution is 2.25. The molecule has 0 spiro atoms. The van der Waals surface area contributed by atoms with Gasteiger partial charge in [-0.3, -0.25) is 4.79 Å². The SMILES string of the molecule is CC(C)(C)OCC1CCc2nc(C(=O)N[C@H]3COc4ccccc4C3)cn2C1. The lowest BCUT2D eigenvalue weighted by molar-refractivity contribution is -0.0279. The molecule has 0 saturated heterocycles. The van der Waals surface area contributed by atoms with Gasteiger partial charge in [-0.15, -0.1) is 0 Å². The van der Waals surface area contributed by atoms with E-state index in [0.29, 0.717) is 18.2 Å². The number of amides is 1. The molecular formula is C22H29N3O3. The number of nitrogens with zero attached hydrogens (tertiary/aromatic N) is 2. The predicted octanol–water partition coefficient (Wildman–Crippen LogP) is 2.99. The Bertz CT molecular complexity index is 853. The van der Waals surface area contributed by atoms with E-state index < -0.39 is 0 Å². The minimum atomic E-state index is -0.127. The quantitative estimate of drug-likeness (QED) is 0.882. The molecule has 2 atom stereocenters. The summed E-state index contributed by atoms with van der Waals surface area (Å²) in [6.07, 6.45) is 4.58. The number of aryl methyl sites for hydroxylation is 1. The average Bonchev–Trinajstić information content (AvgIpc) is 3.09. The monoisotopic (exact) mass is 383 g/mol. The second-order valence-electron chi connectivity index (χ2n) is 8.82. The first-order valence-corrected chi connectivity index (χ1v) is 10.1. The lowest BCUT2D eigenvalue weighted by Crippen LogP contribution is -2.42. The van der Waals surface area contributed by atoms with E-state index in [1.807, 2.05) is 30.5 Å². The molecule has 2 aliphatic heterocycles. The maximum absolute atomic E-state index is 12.7. The van der Waals surface area contributed by atoms with Gasteiger partial charge in [0.2, 0.25) is 0 Å². The molecule has 2 aromatic rings. The normalized spacial score (nSPS) is 21.4. The van der Waals surface area contributed by atoms with Gasteiger partial charge in [0, 0.05) is 25.1 Å². The number of carbonyl (C=O) groups excluding carboxylic acids is 1. The smallest absolute Gasteiger partial charge is 0.271 e. The third-order valence-corrected chi connectivity index (χ3v) is 5.29. The molecule has 6 nitrogen and oxygen atoms in total. The van der Waals surface area contributed by atoms with E-state index in [9.17, 15) is 4.79 Å². The van der Waals surface area contributed by atoms with Gasteiger partial charge in [0.15, 0.2) is 0 Å². The standard InChI is InChI=1S/C22H29N3O3/c1-22(2,3)28-13-15-8-9-20-24-18(12-25(20)11-15)21(26)23-17-10-16-6-4-5-7-19(16)27-14-17/h4-7,12,15,17H,8-11,13-14H2,1-3H3,(H,23,26)/t15?,17-/m1/s1. The van der Waals surface area contributed by atoms with Crippen molar-refractivity contribution in [2.24, 2.45) is 5.92 Å². The fraction of sp³-hybridized carbons (Fsp3) is 0.545. The largest absolute Gasteiger partial charge is 0.491 e. The van der Waals surface area contributed by atoms with Crippen LogP contribution in [0.3, 0.4) is 0 Å². The van der Waals surface area contributed by atoms with Crippen molar-refractivity contribution in [3.05, 3.63) is 47.5 Å². The topological polar surface area (TPSA) is 65.4 Å². The maximum atomic E-state index is 12.7. The minimum absolute atomic E-state index is 0.0333. The number of fused-ring (bicyclic) bond motifs is 2. The van der Waals surface area contributed by atoms with E-state index in [1.54, 1.807) is 0 Å². The number of imidazole rings is 1. The number of para-hydroxylation sites is 1. The molecule has 0 fully saturated rings. The highest BCUT2D eigenvalue weighted by atomic mass is 16.5. The fourth-order valence-corrected chi connectivity index (χ4v) is 3.81. The van der Waals surface area contributed by atoms with E-state index in [2.05, 4.69) is 35.6 Å². The summed E-state index contributed by atoms with van der Waals surface area (Å²) in [5.41, 5.74) is 1.50.